The van der Waals surface area contributed by atoms with Crippen LogP contribution in [0, 0.1) is 0 Å². The number of benzene rings is 2. The molecule has 0 saturated carbocycles. The minimum Gasteiger partial charge on any atom is -0.475 e. The fourth-order valence-electron chi connectivity index (χ4n) is 3.87. The Morgan fingerprint density at radius 3 is 2.05 bits per heavy atom. The lowest BCUT2D eigenvalue weighted by Crippen LogP contribution is -2.45. The number of likely N-dealkylation sites (N-methyl/N-ethyl adjacent to an activating group) is 1. The Morgan fingerprint density at radius 1 is 0.905 bits per heavy atom. The lowest BCUT2D eigenvalue weighted by Gasteiger charge is -2.33. The van der Waals surface area contributed by atoms with Gasteiger partial charge in [-0.25, -0.2) is 4.79 Å². The molecule has 1 fully saturated rings. The fourth-order valence-corrected chi connectivity index (χ4v) is 5.41. The molecule has 3 aromatic rings. The number of hydrogen-bond acceptors (Lipinski definition) is 6. The van der Waals surface area contributed by atoms with Gasteiger partial charge in [-0.15, -0.1) is 11.3 Å². The predicted octanol–water partition coefficient (Wildman–Crippen LogP) is 6.98. The van der Waals surface area contributed by atoms with E-state index in [1.807, 2.05) is 5.38 Å². The van der Waals surface area contributed by atoms with Gasteiger partial charge in [0.2, 0.25) is 0 Å². The van der Waals surface area contributed by atoms with E-state index in [0.29, 0.717) is 37.9 Å². The number of carboxylic acid groups (broad SMARTS) is 1. The Hall–Kier alpha value is -2.87. The van der Waals surface area contributed by atoms with Crippen LogP contribution in [0.25, 0.3) is 0 Å². The summed E-state index contributed by atoms with van der Waals surface area (Å²) in [5.74, 6) is -3.54. The van der Waals surface area contributed by atoms with Crippen LogP contribution in [0.1, 0.15) is 32.5 Å². The van der Waals surface area contributed by atoms with Crippen molar-refractivity contribution in [2.75, 3.05) is 43.4 Å². The quantitative estimate of drug-likeness (QED) is 0.252. The molecular formula is C27H26Cl3F3N4O4S. The average Bonchev–Trinajstić information content (AvgIpc) is 3.30. The van der Waals surface area contributed by atoms with Crippen molar-refractivity contribution >= 4 is 75.3 Å². The second-order valence-electron chi connectivity index (χ2n) is 9.02. The highest BCUT2D eigenvalue weighted by molar-refractivity contribution is 7.13. The second-order valence-corrected chi connectivity index (χ2v) is 11.2. The van der Waals surface area contributed by atoms with Gasteiger partial charge in [-0.1, -0.05) is 41.7 Å². The van der Waals surface area contributed by atoms with Crippen molar-refractivity contribution in [1.29, 1.82) is 0 Å². The van der Waals surface area contributed by atoms with Crippen LogP contribution in [-0.2, 0) is 11.3 Å². The second kappa shape index (κ2) is 15.0. The first-order valence-corrected chi connectivity index (χ1v) is 14.5. The highest BCUT2D eigenvalue weighted by Gasteiger charge is 2.38. The molecule has 1 aliphatic rings. The first-order valence-electron chi connectivity index (χ1n) is 12.5. The fraction of sp³-hybridized carbons (Fsp3) is 0.296. The summed E-state index contributed by atoms with van der Waals surface area (Å²) in [5, 5.41) is 16.1. The molecule has 1 aromatic heterocycles. The molecule has 0 bridgehead atoms. The summed E-state index contributed by atoms with van der Waals surface area (Å²) in [6, 6.07) is 11.5. The molecule has 226 valence electrons. The minimum absolute atomic E-state index is 0.238. The molecule has 0 spiro atoms. The van der Waals surface area contributed by atoms with E-state index in [1.165, 1.54) is 17.4 Å². The van der Waals surface area contributed by atoms with Crippen LogP contribution in [0.2, 0.25) is 15.1 Å². The molecule has 1 saturated heterocycles. The molecule has 0 radical (unpaired) electrons. The molecule has 8 nitrogen and oxygen atoms in total. The Kier molecular flexibility index (Phi) is 12.0. The van der Waals surface area contributed by atoms with Gasteiger partial charge in [0, 0.05) is 48.5 Å². The Balaban J connectivity index is 0.000000616. The number of carbonyl (C=O) groups is 3. The third-order valence-electron chi connectivity index (χ3n) is 6.13. The first kappa shape index (κ1) is 33.6. The Bertz CT molecular complexity index is 1410. The van der Waals surface area contributed by atoms with E-state index in [-0.39, 0.29) is 11.5 Å². The van der Waals surface area contributed by atoms with Crippen LogP contribution in [0.3, 0.4) is 0 Å². The average molecular weight is 666 g/mol. The molecule has 2 amide bonds. The molecule has 2 heterocycles. The van der Waals surface area contributed by atoms with Gasteiger partial charge in [0.05, 0.1) is 16.3 Å². The molecule has 4 rings (SSSR count). The molecule has 3 N–H and O–H groups in total. The van der Waals surface area contributed by atoms with Crippen molar-refractivity contribution in [3.8, 4) is 0 Å². The number of thiophene rings is 1. The van der Waals surface area contributed by atoms with Crippen LogP contribution in [0.15, 0.2) is 47.8 Å². The number of amides is 2. The number of alkyl halides is 3. The maximum Gasteiger partial charge on any atom is 0.490 e. The number of anilines is 2. The molecule has 42 heavy (non-hydrogen) atoms. The van der Waals surface area contributed by atoms with Crippen LogP contribution in [0.5, 0.6) is 0 Å². The van der Waals surface area contributed by atoms with Gasteiger partial charge in [-0.3, -0.25) is 14.5 Å². The molecule has 1 aliphatic heterocycles. The number of nitrogens with zero attached hydrogens (tertiary/aromatic N) is 2. The third-order valence-corrected chi connectivity index (χ3v) is 8.19. The van der Waals surface area contributed by atoms with Gasteiger partial charge in [0.25, 0.3) is 11.8 Å². The number of carbonyl (C=O) groups excluding carboxylic acids is 2. The van der Waals surface area contributed by atoms with Gasteiger partial charge in [-0.05, 0) is 60.0 Å². The lowest BCUT2D eigenvalue weighted by atomic mass is 10.1. The summed E-state index contributed by atoms with van der Waals surface area (Å²) in [7, 11) is 0. The van der Waals surface area contributed by atoms with Crippen LogP contribution >= 0.6 is 46.1 Å². The zero-order valence-electron chi connectivity index (χ0n) is 22.1. The van der Waals surface area contributed by atoms with Gasteiger partial charge in [0.15, 0.2) is 0 Å². The number of hydrogen-bond donors (Lipinski definition) is 3. The number of carboxylic acids is 1. The normalized spacial score (nSPS) is 14.1. The minimum atomic E-state index is -5.08. The monoisotopic (exact) mass is 664 g/mol. The van der Waals surface area contributed by atoms with Crippen LogP contribution in [0.4, 0.5) is 24.5 Å². The van der Waals surface area contributed by atoms with Crippen LogP contribution in [-0.4, -0.2) is 71.6 Å². The maximum atomic E-state index is 13.1. The van der Waals surface area contributed by atoms with Crippen molar-refractivity contribution < 1.29 is 32.7 Å². The highest BCUT2D eigenvalue weighted by atomic mass is 35.5. The topological polar surface area (TPSA) is 102 Å². The lowest BCUT2D eigenvalue weighted by molar-refractivity contribution is -0.192. The number of rotatable bonds is 7. The van der Waals surface area contributed by atoms with Gasteiger partial charge >= 0.3 is 12.1 Å². The zero-order valence-corrected chi connectivity index (χ0v) is 25.2. The summed E-state index contributed by atoms with van der Waals surface area (Å²) >= 11 is 20.0. The van der Waals surface area contributed by atoms with Crippen molar-refractivity contribution in [3.63, 3.8) is 0 Å². The number of piperazine rings is 1. The Morgan fingerprint density at radius 2 is 1.48 bits per heavy atom. The molecule has 0 unspecified atom stereocenters. The third kappa shape index (κ3) is 9.58. The zero-order chi connectivity index (χ0) is 31.0. The van der Waals surface area contributed by atoms with Crippen LogP contribution < -0.4 is 10.6 Å². The summed E-state index contributed by atoms with van der Waals surface area (Å²) < 4.78 is 31.7. The standard InChI is InChI=1S/C25H25Cl3N4O2S.C2HF3O2/c1-2-31-9-11-32(12-10-31)14-16-15-35-23(22(16)28)25(34)30-21-8-5-18(27)13-20(21)24(33)29-19-6-3-17(26)4-7-19;3-2(4,5)1(6)7/h3-8,13,15H,2,9-12,14H2,1H3,(H,29,33)(H,30,34);(H,6,7). The van der Waals surface area contributed by atoms with E-state index in [4.69, 9.17) is 44.7 Å². The molecule has 15 heteroatoms. The van der Waals surface area contributed by atoms with E-state index in [1.54, 1.807) is 36.4 Å². The van der Waals surface area contributed by atoms with Gasteiger partial charge < -0.3 is 20.6 Å². The van der Waals surface area contributed by atoms with Crippen molar-refractivity contribution in [1.82, 2.24) is 9.80 Å². The summed E-state index contributed by atoms with van der Waals surface area (Å²) in [6.45, 7) is 7.93. The summed E-state index contributed by atoms with van der Waals surface area (Å²) in [6.07, 6.45) is -5.08. The SMILES string of the molecule is CCN1CCN(Cc2csc(C(=O)Nc3ccc(Cl)cc3C(=O)Nc3ccc(Cl)cc3)c2Cl)CC1.O=C(O)C(F)(F)F. The van der Waals surface area contributed by atoms with E-state index >= 15 is 0 Å². The predicted molar refractivity (Wildman–Crippen MR) is 159 cm³/mol. The van der Waals surface area contributed by atoms with Gasteiger partial charge in [0.1, 0.15) is 4.88 Å². The van der Waals surface area contributed by atoms with E-state index in [9.17, 15) is 22.8 Å². The van der Waals surface area contributed by atoms with Crippen molar-refractivity contribution in [3.05, 3.63) is 78.9 Å². The van der Waals surface area contributed by atoms with E-state index in [0.717, 1.165) is 38.3 Å². The molecular weight excluding hydrogens is 640 g/mol. The highest BCUT2D eigenvalue weighted by Crippen LogP contribution is 2.31. The first-order chi connectivity index (χ1) is 19.8. The summed E-state index contributed by atoms with van der Waals surface area (Å²) in [5.41, 5.74) is 2.08. The maximum absolute atomic E-state index is 13.1. The number of nitrogens with one attached hydrogen (secondary N) is 2. The van der Waals surface area contributed by atoms with Gasteiger partial charge in [-0.2, -0.15) is 13.2 Å². The van der Waals surface area contributed by atoms with Crippen molar-refractivity contribution in [2.24, 2.45) is 0 Å². The number of aliphatic carboxylic acids is 1. The van der Waals surface area contributed by atoms with E-state index in [2.05, 4.69) is 27.4 Å². The molecule has 0 atom stereocenters. The molecule has 2 aromatic carbocycles. The largest absolute Gasteiger partial charge is 0.490 e. The Labute approximate surface area is 259 Å². The molecule has 0 aliphatic carbocycles. The van der Waals surface area contributed by atoms with E-state index < -0.39 is 18.1 Å². The number of halogens is 6. The summed E-state index contributed by atoms with van der Waals surface area (Å²) in [4.78, 5) is 40.1. The van der Waals surface area contributed by atoms with Crippen molar-refractivity contribution in [2.45, 2.75) is 19.6 Å². The smallest absolute Gasteiger partial charge is 0.475 e.